The van der Waals surface area contributed by atoms with Crippen molar-refractivity contribution in [3.05, 3.63) is 59.9 Å². The van der Waals surface area contributed by atoms with Gasteiger partial charge >= 0.3 is 0 Å². The Morgan fingerprint density at radius 2 is 1.90 bits per heavy atom. The first kappa shape index (κ1) is 12.2. The summed E-state index contributed by atoms with van der Waals surface area (Å²) in [7, 11) is 2.02. The van der Waals surface area contributed by atoms with Crippen molar-refractivity contribution in [1.82, 2.24) is 14.9 Å². The Morgan fingerprint density at radius 1 is 1.10 bits per heavy atom. The molecule has 0 saturated heterocycles. The van der Waals surface area contributed by atoms with Crippen LogP contribution in [0, 0.1) is 0 Å². The summed E-state index contributed by atoms with van der Waals surface area (Å²) in [6, 6.07) is 12.5. The normalized spacial score (nSPS) is 20.2. The Kier molecular flexibility index (Phi) is 2.77. The number of rotatable bonds is 1. The predicted octanol–water partition coefficient (Wildman–Crippen LogP) is 2.11. The molecule has 1 aromatic heterocycles. The highest BCUT2D eigenvalue weighted by atomic mass is 15.5. The van der Waals surface area contributed by atoms with Gasteiger partial charge in [-0.05, 0) is 29.8 Å². The summed E-state index contributed by atoms with van der Waals surface area (Å²) in [5, 5.41) is 10.4. The van der Waals surface area contributed by atoms with Crippen molar-refractivity contribution in [2.75, 3.05) is 25.5 Å². The van der Waals surface area contributed by atoms with Crippen molar-refractivity contribution in [1.29, 1.82) is 0 Å². The number of hydrogen-bond acceptors (Lipinski definition) is 5. The van der Waals surface area contributed by atoms with E-state index in [-0.39, 0.29) is 6.17 Å². The number of anilines is 1. The zero-order valence-corrected chi connectivity index (χ0v) is 11.9. The minimum Gasteiger partial charge on any atom is -0.361 e. The van der Waals surface area contributed by atoms with E-state index in [0.29, 0.717) is 0 Å². The molecule has 4 rings (SSSR count). The third-order valence-corrected chi connectivity index (χ3v) is 4.00. The maximum atomic E-state index is 4.74. The standard InChI is InChI=1S/C16H17N5/c1-20-10-11-21-15(12-6-8-17-9-7-12)18-14-5-3-2-4-13(14)16(21)19-20/h2-9,15,18H,10-11H2,1H3. The fourth-order valence-electron chi connectivity index (χ4n) is 2.93. The van der Waals surface area contributed by atoms with Gasteiger partial charge in [0.15, 0.2) is 5.84 Å². The van der Waals surface area contributed by atoms with Gasteiger partial charge in [0.1, 0.15) is 6.17 Å². The molecule has 0 spiro atoms. The van der Waals surface area contributed by atoms with Crippen molar-refractivity contribution < 1.29 is 0 Å². The van der Waals surface area contributed by atoms with Crippen LogP contribution >= 0.6 is 0 Å². The van der Waals surface area contributed by atoms with Crippen LogP contribution in [-0.4, -0.2) is 40.9 Å². The maximum Gasteiger partial charge on any atom is 0.160 e. The van der Waals surface area contributed by atoms with E-state index in [1.54, 1.807) is 0 Å². The Hall–Kier alpha value is -2.56. The van der Waals surface area contributed by atoms with E-state index in [2.05, 4.69) is 51.6 Å². The van der Waals surface area contributed by atoms with Gasteiger partial charge in [-0.3, -0.25) is 9.99 Å². The molecule has 0 radical (unpaired) electrons. The smallest absolute Gasteiger partial charge is 0.160 e. The number of pyridine rings is 1. The molecule has 5 heteroatoms. The first-order chi connectivity index (χ1) is 10.3. The number of aromatic nitrogens is 1. The molecule has 0 saturated carbocycles. The summed E-state index contributed by atoms with van der Waals surface area (Å²) in [5.74, 6) is 1.04. The highest BCUT2D eigenvalue weighted by Crippen LogP contribution is 2.34. The van der Waals surface area contributed by atoms with Crippen LogP contribution in [0.3, 0.4) is 0 Å². The molecule has 5 nitrogen and oxygen atoms in total. The summed E-state index contributed by atoms with van der Waals surface area (Å²) in [5.41, 5.74) is 3.50. The van der Waals surface area contributed by atoms with Gasteiger partial charge in [0.25, 0.3) is 0 Å². The maximum absolute atomic E-state index is 4.74. The summed E-state index contributed by atoms with van der Waals surface area (Å²) < 4.78 is 0. The highest BCUT2D eigenvalue weighted by molar-refractivity contribution is 6.05. The van der Waals surface area contributed by atoms with Gasteiger partial charge in [-0.1, -0.05) is 12.1 Å². The van der Waals surface area contributed by atoms with Gasteiger partial charge in [0.05, 0.1) is 6.54 Å². The first-order valence-corrected chi connectivity index (χ1v) is 7.15. The molecule has 1 atom stereocenters. The summed E-state index contributed by atoms with van der Waals surface area (Å²) in [4.78, 5) is 6.45. The molecular formula is C16H17N5. The Bertz CT molecular complexity index is 682. The molecular weight excluding hydrogens is 262 g/mol. The second-order valence-electron chi connectivity index (χ2n) is 5.37. The number of hydrazone groups is 1. The number of likely N-dealkylation sites (N-methyl/N-ethyl adjacent to an activating group) is 1. The zero-order valence-electron chi connectivity index (χ0n) is 11.9. The van der Waals surface area contributed by atoms with E-state index < -0.39 is 0 Å². The van der Waals surface area contributed by atoms with E-state index in [1.807, 2.05) is 24.5 Å². The van der Waals surface area contributed by atoms with Crippen LogP contribution in [0.1, 0.15) is 17.3 Å². The van der Waals surface area contributed by atoms with Crippen LogP contribution in [0.15, 0.2) is 53.9 Å². The quantitative estimate of drug-likeness (QED) is 0.868. The number of hydrogen-bond donors (Lipinski definition) is 1. The van der Waals surface area contributed by atoms with Crippen molar-refractivity contribution in [3.63, 3.8) is 0 Å². The molecule has 21 heavy (non-hydrogen) atoms. The second kappa shape index (κ2) is 4.77. The predicted molar refractivity (Wildman–Crippen MR) is 82.9 cm³/mol. The number of para-hydroxylation sites is 1. The fraction of sp³-hybridized carbons (Fsp3) is 0.250. The lowest BCUT2D eigenvalue weighted by atomic mass is 10.0. The molecule has 1 unspecified atom stereocenters. The summed E-state index contributed by atoms with van der Waals surface area (Å²) in [6.45, 7) is 1.87. The van der Waals surface area contributed by atoms with Gasteiger partial charge in [-0.15, -0.1) is 0 Å². The van der Waals surface area contributed by atoms with E-state index in [4.69, 9.17) is 5.10 Å². The SMILES string of the molecule is CN1CCN2C(=N1)c1ccccc1NC2c1ccncc1. The van der Waals surface area contributed by atoms with Crippen LogP contribution in [0.25, 0.3) is 0 Å². The van der Waals surface area contributed by atoms with E-state index >= 15 is 0 Å². The third kappa shape index (κ3) is 2.01. The molecule has 0 amide bonds. The van der Waals surface area contributed by atoms with Gasteiger partial charge in [-0.25, -0.2) is 0 Å². The Morgan fingerprint density at radius 3 is 2.76 bits per heavy atom. The number of amidine groups is 1. The van der Waals surface area contributed by atoms with Crippen LogP contribution in [0.2, 0.25) is 0 Å². The Labute approximate surface area is 123 Å². The lowest BCUT2D eigenvalue weighted by molar-refractivity contribution is 0.230. The van der Waals surface area contributed by atoms with Crippen LogP contribution < -0.4 is 5.32 Å². The van der Waals surface area contributed by atoms with Crippen molar-refractivity contribution in [3.8, 4) is 0 Å². The minimum absolute atomic E-state index is 0.107. The molecule has 1 N–H and O–H groups in total. The fourth-order valence-corrected chi connectivity index (χ4v) is 2.93. The zero-order chi connectivity index (χ0) is 14.2. The average molecular weight is 279 g/mol. The molecule has 3 heterocycles. The lowest BCUT2D eigenvalue weighted by Crippen LogP contribution is -2.49. The average Bonchev–Trinajstić information content (AvgIpc) is 2.55. The number of benzene rings is 1. The highest BCUT2D eigenvalue weighted by Gasteiger charge is 2.33. The van der Waals surface area contributed by atoms with Gasteiger partial charge in [-0.2, -0.15) is 5.10 Å². The Balaban J connectivity index is 1.84. The molecule has 0 bridgehead atoms. The molecule has 106 valence electrons. The molecule has 0 fully saturated rings. The molecule has 2 aromatic rings. The van der Waals surface area contributed by atoms with Crippen LogP contribution in [-0.2, 0) is 0 Å². The van der Waals surface area contributed by atoms with Gasteiger partial charge < -0.3 is 10.2 Å². The number of nitrogens with one attached hydrogen (secondary N) is 1. The number of nitrogens with zero attached hydrogens (tertiary/aromatic N) is 4. The van der Waals surface area contributed by atoms with Crippen molar-refractivity contribution in [2.45, 2.75) is 6.17 Å². The summed E-state index contributed by atoms with van der Waals surface area (Å²) >= 11 is 0. The van der Waals surface area contributed by atoms with Crippen molar-refractivity contribution >= 4 is 11.5 Å². The van der Waals surface area contributed by atoms with E-state index in [0.717, 1.165) is 30.2 Å². The minimum atomic E-state index is 0.107. The third-order valence-electron chi connectivity index (χ3n) is 4.00. The van der Waals surface area contributed by atoms with Crippen molar-refractivity contribution in [2.24, 2.45) is 5.10 Å². The summed E-state index contributed by atoms with van der Waals surface area (Å²) in [6.07, 6.45) is 3.78. The van der Waals surface area contributed by atoms with Crippen LogP contribution in [0.4, 0.5) is 5.69 Å². The van der Waals surface area contributed by atoms with E-state index in [9.17, 15) is 0 Å². The van der Waals surface area contributed by atoms with E-state index in [1.165, 1.54) is 5.56 Å². The van der Waals surface area contributed by atoms with Crippen LogP contribution in [0.5, 0.6) is 0 Å². The van der Waals surface area contributed by atoms with Gasteiger partial charge in [0.2, 0.25) is 0 Å². The first-order valence-electron chi connectivity index (χ1n) is 7.15. The lowest BCUT2D eigenvalue weighted by Gasteiger charge is -2.43. The molecule has 2 aliphatic heterocycles. The van der Waals surface area contributed by atoms with Gasteiger partial charge in [0, 0.05) is 37.2 Å². The number of fused-ring (bicyclic) bond motifs is 3. The molecule has 2 aliphatic rings. The molecule has 1 aromatic carbocycles. The monoisotopic (exact) mass is 279 g/mol. The molecule has 0 aliphatic carbocycles. The second-order valence-corrected chi connectivity index (χ2v) is 5.37. The largest absolute Gasteiger partial charge is 0.361 e. The topological polar surface area (TPSA) is 43.8 Å².